The van der Waals surface area contributed by atoms with Gasteiger partial charge in [-0.15, -0.1) is 0 Å². The Morgan fingerprint density at radius 2 is 1.96 bits per heavy atom. The SMILES string of the molecule is Cc1cccc2sc(N3CCN(C(=O)c4cc(Br)ccc4Cl)CC3)nc12. The van der Waals surface area contributed by atoms with Gasteiger partial charge in [-0.1, -0.05) is 51.0 Å². The van der Waals surface area contributed by atoms with E-state index in [2.05, 4.69) is 46.0 Å². The van der Waals surface area contributed by atoms with Gasteiger partial charge in [0.15, 0.2) is 5.13 Å². The van der Waals surface area contributed by atoms with Gasteiger partial charge in [-0.3, -0.25) is 4.79 Å². The summed E-state index contributed by atoms with van der Waals surface area (Å²) in [5, 5.41) is 1.52. The Bertz CT molecular complexity index is 982. The summed E-state index contributed by atoms with van der Waals surface area (Å²) in [6, 6.07) is 11.6. The standard InChI is InChI=1S/C19H17BrClN3OS/c1-12-3-2-4-16-17(12)22-19(26-16)24-9-7-23(8-10-24)18(25)14-11-13(20)5-6-15(14)21/h2-6,11H,7-10H2,1H3. The van der Waals surface area contributed by atoms with Crippen LogP contribution in [-0.4, -0.2) is 42.0 Å². The van der Waals surface area contributed by atoms with Crippen molar-refractivity contribution in [3.05, 3.63) is 57.0 Å². The van der Waals surface area contributed by atoms with Crippen molar-refractivity contribution in [2.75, 3.05) is 31.1 Å². The van der Waals surface area contributed by atoms with E-state index < -0.39 is 0 Å². The molecule has 4 rings (SSSR count). The van der Waals surface area contributed by atoms with Gasteiger partial charge in [0.2, 0.25) is 0 Å². The van der Waals surface area contributed by atoms with Crippen molar-refractivity contribution >= 4 is 60.1 Å². The monoisotopic (exact) mass is 449 g/mol. The first kappa shape index (κ1) is 17.8. The van der Waals surface area contributed by atoms with Crippen LogP contribution >= 0.6 is 38.9 Å². The Kier molecular flexibility index (Phi) is 4.90. The lowest BCUT2D eigenvalue weighted by atomic mass is 10.2. The van der Waals surface area contributed by atoms with E-state index >= 15 is 0 Å². The number of halogens is 2. The molecule has 0 N–H and O–H groups in total. The molecule has 0 unspecified atom stereocenters. The number of fused-ring (bicyclic) bond motifs is 1. The third-order valence-electron chi connectivity index (χ3n) is 4.61. The van der Waals surface area contributed by atoms with Gasteiger partial charge < -0.3 is 9.80 Å². The number of nitrogens with zero attached hydrogens (tertiary/aromatic N) is 3. The number of hydrogen-bond acceptors (Lipinski definition) is 4. The first-order valence-electron chi connectivity index (χ1n) is 8.38. The molecule has 3 aromatic rings. The molecule has 0 bridgehead atoms. The molecular formula is C19H17BrClN3OS. The summed E-state index contributed by atoms with van der Waals surface area (Å²) in [5.74, 6) is -0.0175. The summed E-state index contributed by atoms with van der Waals surface area (Å²) >= 11 is 11.3. The van der Waals surface area contributed by atoms with Gasteiger partial charge in [-0.05, 0) is 36.8 Å². The summed E-state index contributed by atoms with van der Waals surface area (Å²) in [4.78, 5) is 21.7. The number of thiazole rings is 1. The van der Waals surface area contributed by atoms with Crippen molar-refractivity contribution in [2.24, 2.45) is 0 Å². The number of carbonyl (C=O) groups is 1. The van der Waals surface area contributed by atoms with E-state index in [0.29, 0.717) is 23.7 Å². The highest BCUT2D eigenvalue weighted by Gasteiger charge is 2.25. The maximum absolute atomic E-state index is 12.8. The molecule has 1 saturated heterocycles. The molecule has 0 radical (unpaired) electrons. The van der Waals surface area contributed by atoms with Crippen molar-refractivity contribution in [3.8, 4) is 0 Å². The molecule has 0 saturated carbocycles. The van der Waals surface area contributed by atoms with Crippen LogP contribution in [0.15, 0.2) is 40.9 Å². The molecule has 1 aliphatic heterocycles. The first-order chi connectivity index (χ1) is 12.5. The lowest BCUT2D eigenvalue weighted by Crippen LogP contribution is -2.48. The van der Waals surface area contributed by atoms with Crippen molar-refractivity contribution in [1.29, 1.82) is 0 Å². The molecule has 1 amide bonds. The Morgan fingerprint density at radius 1 is 1.19 bits per heavy atom. The van der Waals surface area contributed by atoms with Gasteiger partial charge in [0.1, 0.15) is 0 Å². The van der Waals surface area contributed by atoms with E-state index in [-0.39, 0.29) is 5.91 Å². The molecule has 2 heterocycles. The van der Waals surface area contributed by atoms with E-state index in [0.717, 1.165) is 28.2 Å². The highest BCUT2D eigenvalue weighted by molar-refractivity contribution is 9.10. The van der Waals surface area contributed by atoms with Crippen LogP contribution in [0.1, 0.15) is 15.9 Å². The lowest BCUT2D eigenvalue weighted by Gasteiger charge is -2.34. The normalized spacial score (nSPS) is 14.9. The maximum Gasteiger partial charge on any atom is 0.255 e. The maximum atomic E-state index is 12.8. The van der Waals surface area contributed by atoms with Crippen molar-refractivity contribution in [3.63, 3.8) is 0 Å². The second-order valence-electron chi connectivity index (χ2n) is 6.32. The minimum absolute atomic E-state index is 0.0175. The molecule has 0 atom stereocenters. The molecule has 4 nitrogen and oxygen atoms in total. The third-order valence-corrected chi connectivity index (χ3v) is 6.51. The van der Waals surface area contributed by atoms with Gasteiger partial charge in [-0.25, -0.2) is 4.98 Å². The average molecular weight is 451 g/mol. The zero-order valence-corrected chi connectivity index (χ0v) is 17.4. The minimum Gasteiger partial charge on any atom is -0.345 e. The number of rotatable bonds is 2. The fraction of sp³-hybridized carbons (Fsp3) is 0.263. The summed E-state index contributed by atoms with van der Waals surface area (Å²) in [5.41, 5.74) is 2.82. The van der Waals surface area contributed by atoms with Crippen LogP contribution in [0.3, 0.4) is 0 Å². The number of amides is 1. The van der Waals surface area contributed by atoms with Crippen LogP contribution in [0.5, 0.6) is 0 Å². The summed E-state index contributed by atoms with van der Waals surface area (Å²) in [7, 11) is 0. The van der Waals surface area contributed by atoms with Crippen LogP contribution in [0, 0.1) is 6.92 Å². The van der Waals surface area contributed by atoms with Gasteiger partial charge >= 0.3 is 0 Å². The van der Waals surface area contributed by atoms with Crippen molar-refractivity contribution in [1.82, 2.24) is 9.88 Å². The van der Waals surface area contributed by atoms with Crippen LogP contribution < -0.4 is 4.90 Å². The number of benzene rings is 2. The van der Waals surface area contributed by atoms with E-state index in [1.54, 1.807) is 23.5 Å². The number of anilines is 1. The largest absolute Gasteiger partial charge is 0.345 e. The topological polar surface area (TPSA) is 36.4 Å². The Labute approximate surface area is 169 Å². The van der Waals surface area contributed by atoms with Crippen molar-refractivity contribution < 1.29 is 4.79 Å². The van der Waals surface area contributed by atoms with Gasteiger partial charge in [0, 0.05) is 30.7 Å². The van der Waals surface area contributed by atoms with Crippen LogP contribution in [0.2, 0.25) is 5.02 Å². The fourth-order valence-electron chi connectivity index (χ4n) is 3.14. The molecule has 7 heteroatoms. The van der Waals surface area contributed by atoms with Crippen LogP contribution in [0.25, 0.3) is 10.2 Å². The third kappa shape index (κ3) is 3.33. The second kappa shape index (κ2) is 7.18. The molecule has 2 aromatic carbocycles. The average Bonchev–Trinajstić information content (AvgIpc) is 3.09. The van der Waals surface area contributed by atoms with Gasteiger partial charge in [0.05, 0.1) is 20.8 Å². The van der Waals surface area contributed by atoms with E-state index in [1.165, 1.54) is 10.3 Å². The summed E-state index contributed by atoms with van der Waals surface area (Å²) < 4.78 is 2.06. The van der Waals surface area contributed by atoms with E-state index in [4.69, 9.17) is 16.6 Å². The van der Waals surface area contributed by atoms with Crippen LogP contribution in [0.4, 0.5) is 5.13 Å². The smallest absolute Gasteiger partial charge is 0.255 e. The van der Waals surface area contributed by atoms with Crippen LogP contribution in [-0.2, 0) is 0 Å². The molecule has 26 heavy (non-hydrogen) atoms. The quantitative estimate of drug-likeness (QED) is 0.552. The van der Waals surface area contributed by atoms with E-state index in [9.17, 15) is 4.79 Å². The predicted octanol–water partition coefficient (Wildman–Crippen LogP) is 4.98. The fourth-order valence-corrected chi connectivity index (χ4v) is 4.80. The minimum atomic E-state index is -0.0175. The number of aryl methyl sites for hydroxylation is 1. The highest BCUT2D eigenvalue weighted by Crippen LogP contribution is 2.31. The highest BCUT2D eigenvalue weighted by atomic mass is 79.9. The molecule has 1 fully saturated rings. The lowest BCUT2D eigenvalue weighted by molar-refractivity contribution is 0.0747. The predicted molar refractivity (Wildman–Crippen MR) is 112 cm³/mol. The molecular weight excluding hydrogens is 434 g/mol. The Hall–Kier alpha value is -1.63. The molecule has 1 aromatic heterocycles. The van der Waals surface area contributed by atoms with Gasteiger partial charge in [0.25, 0.3) is 5.91 Å². The molecule has 0 aliphatic carbocycles. The second-order valence-corrected chi connectivity index (χ2v) is 8.65. The Balaban J connectivity index is 1.49. The summed E-state index contributed by atoms with van der Waals surface area (Å²) in [6.45, 7) is 4.96. The zero-order chi connectivity index (χ0) is 18.3. The van der Waals surface area contributed by atoms with E-state index in [1.807, 2.05) is 11.0 Å². The first-order valence-corrected chi connectivity index (χ1v) is 10.4. The number of hydrogen-bond donors (Lipinski definition) is 0. The number of para-hydroxylation sites is 1. The Morgan fingerprint density at radius 3 is 2.69 bits per heavy atom. The van der Waals surface area contributed by atoms with Crippen molar-refractivity contribution in [2.45, 2.75) is 6.92 Å². The summed E-state index contributed by atoms with van der Waals surface area (Å²) in [6.07, 6.45) is 0. The zero-order valence-electron chi connectivity index (χ0n) is 14.2. The number of carbonyl (C=O) groups excluding carboxylic acids is 1. The van der Waals surface area contributed by atoms with Gasteiger partial charge in [-0.2, -0.15) is 0 Å². The molecule has 1 aliphatic rings. The number of piperazine rings is 1. The molecule has 0 spiro atoms. The number of aromatic nitrogens is 1. The molecule has 134 valence electrons.